The van der Waals surface area contributed by atoms with Crippen LogP contribution in [0, 0.1) is 34.4 Å². The van der Waals surface area contributed by atoms with Crippen molar-refractivity contribution in [3.05, 3.63) is 69.4 Å². The molecule has 0 aliphatic heterocycles. The third-order valence-electron chi connectivity index (χ3n) is 5.05. The summed E-state index contributed by atoms with van der Waals surface area (Å²) in [7, 11) is 0. The maximum atomic E-state index is 14.2. The van der Waals surface area contributed by atoms with Crippen LogP contribution in [0.1, 0.15) is 25.5 Å². The van der Waals surface area contributed by atoms with Crippen LogP contribution in [0.2, 0.25) is 0 Å². The van der Waals surface area contributed by atoms with Crippen LogP contribution in [-0.2, 0) is 9.53 Å². The molecule has 1 unspecified atom stereocenters. The molecule has 0 heterocycles. The highest BCUT2D eigenvalue weighted by molar-refractivity contribution is 9.28. The standard InChI is InChI=1S/C22H18Br2FNO3/c1-22(2)15(11-19(23)24)20(22)21(27)29-18(12-26)13-8-9-16(25)17(10-13)28-14-6-4-3-5-7-14/h3-11,15,18,20H,1-2H3/t15-,18?,20-/m0/s1. The number of rotatable bonds is 6. The van der Waals surface area contributed by atoms with Gasteiger partial charge < -0.3 is 9.47 Å². The third-order valence-corrected chi connectivity index (χ3v) is 5.58. The van der Waals surface area contributed by atoms with Crippen molar-refractivity contribution in [1.29, 1.82) is 5.26 Å². The number of nitrogens with zero attached hydrogens (tertiary/aromatic N) is 1. The molecule has 2 aromatic carbocycles. The monoisotopic (exact) mass is 521 g/mol. The smallest absolute Gasteiger partial charge is 0.311 e. The highest BCUT2D eigenvalue weighted by Crippen LogP contribution is 2.60. The summed E-state index contributed by atoms with van der Waals surface area (Å²) >= 11 is 6.62. The van der Waals surface area contributed by atoms with Gasteiger partial charge in [-0.15, -0.1) is 0 Å². The molecule has 4 nitrogen and oxygen atoms in total. The Kier molecular flexibility index (Phi) is 6.45. The molecule has 3 rings (SSSR count). The van der Waals surface area contributed by atoms with Gasteiger partial charge in [0.05, 0.1) is 9.31 Å². The lowest BCUT2D eigenvalue weighted by molar-refractivity contribution is -0.149. The number of allylic oxidation sites excluding steroid dienone is 1. The topological polar surface area (TPSA) is 59.3 Å². The molecule has 1 fully saturated rings. The number of esters is 1. The van der Waals surface area contributed by atoms with Gasteiger partial charge in [0.25, 0.3) is 0 Å². The Balaban J connectivity index is 1.77. The van der Waals surface area contributed by atoms with Crippen molar-refractivity contribution in [2.75, 3.05) is 0 Å². The molecule has 0 radical (unpaired) electrons. The second-order valence-electron chi connectivity index (χ2n) is 7.33. The van der Waals surface area contributed by atoms with Crippen molar-refractivity contribution in [2.24, 2.45) is 17.3 Å². The molecule has 1 saturated carbocycles. The Bertz CT molecular complexity index is 981. The first kappa shape index (κ1) is 21.5. The first-order valence-corrected chi connectivity index (χ1v) is 10.5. The molecule has 0 bridgehead atoms. The summed E-state index contributed by atoms with van der Waals surface area (Å²) < 4.78 is 26.0. The summed E-state index contributed by atoms with van der Waals surface area (Å²) in [6.45, 7) is 3.93. The number of hydrogen-bond acceptors (Lipinski definition) is 4. The molecular formula is C22H18Br2FNO3. The Morgan fingerprint density at radius 2 is 1.93 bits per heavy atom. The van der Waals surface area contributed by atoms with E-state index in [1.165, 1.54) is 18.2 Å². The minimum Gasteiger partial charge on any atom is -0.454 e. The lowest BCUT2D eigenvalue weighted by atomic mass is 10.1. The molecule has 1 aliphatic carbocycles. The van der Waals surface area contributed by atoms with Crippen LogP contribution in [0.3, 0.4) is 0 Å². The molecule has 0 aromatic heterocycles. The average Bonchev–Trinajstić information content (AvgIpc) is 3.21. The van der Waals surface area contributed by atoms with Gasteiger partial charge in [-0.3, -0.25) is 4.79 Å². The summed E-state index contributed by atoms with van der Waals surface area (Å²) in [5.41, 5.74) is 0.0780. The van der Waals surface area contributed by atoms with Crippen LogP contribution in [-0.4, -0.2) is 5.97 Å². The number of benzene rings is 2. The second-order valence-corrected chi connectivity index (χ2v) is 10.1. The predicted molar refractivity (Wildman–Crippen MR) is 114 cm³/mol. The first-order chi connectivity index (χ1) is 13.7. The first-order valence-electron chi connectivity index (χ1n) is 8.89. The van der Waals surface area contributed by atoms with Crippen LogP contribution in [0.4, 0.5) is 4.39 Å². The molecule has 150 valence electrons. The second kappa shape index (κ2) is 8.68. The maximum absolute atomic E-state index is 14.2. The largest absolute Gasteiger partial charge is 0.454 e. The fraction of sp³-hybridized carbons (Fsp3) is 0.273. The van der Waals surface area contributed by atoms with E-state index < -0.39 is 17.9 Å². The highest BCUT2D eigenvalue weighted by Gasteiger charge is 2.61. The zero-order valence-electron chi connectivity index (χ0n) is 15.7. The van der Waals surface area contributed by atoms with Crippen LogP contribution in [0.25, 0.3) is 0 Å². The van der Waals surface area contributed by atoms with Gasteiger partial charge in [-0.2, -0.15) is 5.26 Å². The van der Waals surface area contributed by atoms with E-state index in [0.29, 0.717) is 11.3 Å². The lowest BCUT2D eigenvalue weighted by Gasteiger charge is -2.14. The summed E-state index contributed by atoms with van der Waals surface area (Å²) in [5, 5.41) is 9.53. The van der Waals surface area contributed by atoms with E-state index in [0.717, 1.165) is 3.39 Å². The SMILES string of the molecule is CC1(C)[C@H](C(=O)OC(C#N)c2ccc(F)c(Oc3ccccc3)c2)[C@@H]1C=C(Br)Br. The molecule has 0 N–H and O–H groups in total. The number of halogens is 3. The quantitative estimate of drug-likeness (QED) is 0.399. The molecule has 0 spiro atoms. The molecule has 1 aliphatic rings. The van der Waals surface area contributed by atoms with E-state index in [-0.39, 0.29) is 23.0 Å². The number of hydrogen-bond donors (Lipinski definition) is 0. The van der Waals surface area contributed by atoms with E-state index in [1.807, 2.05) is 32.1 Å². The van der Waals surface area contributed by atoms with Gasteiger partial charge in [-0.25, -0.2) is 4.39 Å². The molecular weight excluding hydrogens is 505 g/mol. The molecule has 29 heavy (non-hydrogen) atoms. The number of ether oxygens (including phenoxy) is 2. The zero-order chi connectivity index (χ0) is 21.2. The Labute approximate surface area is 185 Å². The van der Waals surface area contributed by atoms with Crippen molar-refractivity contribution in [3.8, 4) is 17.6 Å². The zero-order valence-corrected chi connectivity index (χ0v) is 18.9. The Hall–Kier alpha value is -2.17. The third kappa shape index (κ3) is 4.88. The van der Waals surface area contributed by atoms with Gasteiger partial charge in [0.15, 0.2) is 11.6 Å². The highest BCUT2D eigenvalue weighted by atomic mass is 79.9. The molecule has 3 atom stereocenters. The molecule has 2 aromatic rings. The van der Waals surface area contributed by atoms with Crippen molar-refractivity contribution in [2.45, 2.75) is 20.0 Å². The van der Waals surface area contributed by atoms with E-state index in [4.69, 9.17) is 9.47 Å². The van der Waals surface area contributed by atoms with Crippen LogP contribution in [0.5, 0.6) is 11.5 Å². The minimum atomic E-state index is -1.16. The summed E-state index contributed by atoms with van der Waals surface area (Å²) in [4.78, 5) is 12.7. The van der Waals surface area contributed by atoms with Crippen LogP contribution < -0.4 is 4.74 Å². The normalized spacial score (nSPS) is 20.1. The van der Waals surface area contributed by atoms with Gasteiger partial charge in [-0.1, -0.05) is 44.2 Å². The van der Waals surface area contributed by atoms with E-state index in [2.05, 4.69) is 31.9 Å². The van der Waals surface area contributed by atoms with Crippen molar-refractivity contribution >= 4 is 37.8 Å². The fourth-order valence-electron chi connectivity index (χ4n) is 3.31. The lowest BCUT2D eigenvalue weighted by Crippen LogP contribution is -2.14. The van der Waals surface area contributed by atoms with Gasteiger partial charge in [0, 0.05) is 5.56 Å². The van der Waals surface area contributed by atoms with Gasteiger partial charge in [0.2, 0.25) is 6.10 Å². The predicted octanol–water partition coefficient (Wildman–Crippen LogP) is 6.63. The maximum Gasteiger partial charge on any atom is 0.311 e. The summed E-state index contributed by atoms with van der Waals surface area (Å²) in [6, 6.07) is 14.7. The van der Waals surface area contributed by atoms with Gasteiger partial charge in [0.1, 0.15) is 11.8 Å². The van der Waals surface area contributed by atoms with Crippen LogP contribution in [0.15, 0.2) is 58.0 Å². The number of para-hydroxylation sites is 1. The van der Waals surface area contributed by atoms with E-state index in [1.54, 1.807) is 24.3 Å². The molecule has 7 heteroatoms. The fourth-order valence-corrected chi connectivity index (χ4v) is 3.88. The Morgan fingerprint density at radius 3 is 2.55 bits per heavy atom. The van der Waals surface area contributed by atoms with E-state index >= 15 is 0 Å². The van der Waals surface area contributed by atoms with Crippen molar-refractivity contribution in [3.63, 3.8) is 0 Å². The molecule has 0 saturated heterocycles. The van der Waals surface area contributed by atoms with E-state index in [9.17, 15) is 14.4 Å². The molecule has 0 amide bonds. The van der Waals surface area contributed by atoms with Crippen molar-refractivity contribution in [1.82, 2.24) is 0 Å². The minimum absolute atomic E-state index is 0.00622. The van der Waals surface area contributed by atoms with Crippen molar-refractivity contribution < 1.29 is 18.7 Å². The Morgan fingerprint density at radius 1 is 1.24 bits per heavy atom. The summed E-state index contributed by atoms with van der Waals surface area (Å²) in [6.07, 6.45) is 0.742. The van der Waals surface area contributed by atoms with Gasteiger partial charge in [-0.05, 0) is 67.5 Å². The summed E-state index contributed by atoms with van der Waals surface area (Å²) in [5.74, 6) is -0.975. The van der Waals surface area contributed by atoms with Gasteiger partial charge >= 0.3 is 5.97 Å². The number of carbonyl (C=O) groups excluding carboxylic acids is 1. The van der Waals surface area contributed by atoms with Crippen LogP contribution >= 0.6 is 31.9 Å². The number of carbonyl (C=O) groups is 1. The number of nitriles is 1. The average molecular weight is 523 g/mol.